The first-order valence-electron chi connectivity index (χ1n) is 10.3. The summed E-state index contributed by atoms with van der Waals surface area (Å²) in [6.45, 7) is 6.35. The largest absolute Gasteiger partial charge is 0.385 e. The Labute approximate surface area is 171 Å². The van der Waals surface area contributed by atoms with Gasteiger partial charge in [-0.1, -0.05) is 6.07 Å². The molecule has 0 radical (unpaired) electrons. The summed E-state index contributed by atoms with van der Waals surface area (Å²) in [5, 5.41) is 14.8. The zero-order valence-electron chi connectivity index (χ0n) is 17.1. The van der Waals surface area contributed by atoms with E-state index in [1.165, 1.54) is 0 Å². The van der Waals surface area contributed by atoms with Crippen LogP contribution in [0.5, 0.6) is 0 Å². The van der Waals surface area contributed by atoms with Crippen molar-refractivity contribution in [2.24, 2.45) is 0 Å². The lowest BCUT2D eigenvalue weighted by atomic mass is 9.91. The van der Waals surface area contributed by atoms with Gasteiger partial charge in [0.25, 0.3) is 0 Å². The monoisotopic (exact) mass is 392 g/mol. The van der Waals surface area contributed by atoms with E-state index in [1.807, 2.05) is 17.2 Å². The van der Waals surface area contributed by atoms with Gasteiger partial charge in [-0.2, -0.15) is 0 Å². The molecule has 0 aliphatic carbocycles. The molecule has 152 valence electrons. The fourth-order valence-electron chi connectivity index (χ4n) is 4.23. The Morgan fingerprint density at radius 2 is 2.10 bits per heavy atom. The third-order valence-electron chi connectivity index (χ3n) is 5.86. The van der Waals surface area contributed by atoms with Gasteiger partial charge in [0.2, 0.25) is 5.91 Å². The lowest BCUT2D eigenvalue weighted by Gasteiger charge is -2.34. The summed E-state index contributed by atoms with van der Waals surface area (Å²) < 4.78 is 5.48. The Morgan fingerprint density at radius 1 is 1.31 bits per heavy atom. The molecule has 6 nitrogen and oxygen atoms in total. The second kappa shape index (κ2) is 8.33. The van der Waals surface area contributed by atoms with Crippen LogP contribution in [0.1, 0.15) is 37.3 Å². The smallest absolute Gasteiger partial charge is 0.219 e. The molecule has 29 heavy (non-hydrogen) atoms. The van der Waals surface area contributed by atoms with Crippen molar-refractivity contribution < 1.29 is 9.53 Å². The molecule has 0 unspecified atom stereocenters. The zero-order valence-corrected chi connectivity index (χ0v) is 17.1. The summed E-state index contributed by atoms with van der Waals surface area (Å²) in [5.74, 6) is 0.0520. The minimum absolute atomic E-state index is 0.0520. The fourth-order valence-corrected chi connectivity index (χ4v) is 4.23. The van der Waals surface area contributed by atoms with Gasteiger partial charge < -0.3 is 15.0 Å². The number of carbonyl (C=O) groups excluding carboxylic acids is 1. The molecule has 2 aromatic rings. The van der Waals surface area contributed by atoms with Crippen LogP contribution in [-0.2, 0) is 9.53 Å². The standard InChI is InChI=1S/C23H28N4O2/c1-15-11-17-3-7-25-13-20(17)19(12-15)23(24)21-14-27(16(2)28)8-4-22(21)26-18-5-9-29-10-6-18/h3,7,11-13,18,24,26H,4-6,8-10,14H2,1-2H3. The van der Waals surface area contributed by atoms with Crippen molar-refractivity contribution in [3.63, 3.8) is 0 Å². The number of carbonyl (C=O) groups is 1. The summed E-state index contributed by atoms with van der Waals surface area (Å²) in [4.78, 5) is 18.2. The summed E-state index contributed by atoms with van der Waals surface area (Å²) in [6, 6.07) is 6.52. The van der Waals surface area contributed by atoms with E-state index in [0.29, 0.717) is 24.8 Å². The molecule has 2 aliphatic rings. The number of nitrogens with one attached hydrogen (secondary N) is 2. The van der Waals surface area contributed by atoms with Crippen molar-refractivity contribution >= 4 is 22.4 Å². The van der Waals surface area contributed by atoms with Crippen LogP contribution < -0.4 is 5.32 Å². The molecule has 2 N–H and O–H groups in total. The number of aromatic nitrogens is 1. The second-order valence-corrected chi connectivity index (χ2v) is 7.96. The van der Waals surface area contributed by atoms with Crippen LogP contribution in [0, 0.1) is 12.3 Å². The molecule has 6 heteroatoms. The van der Waals surface area contributed by atoms with Gasteiger partial charge in [-0.3, -0.25) is 15.2 Å². The van der Waals surface area contributed by atoms with Crippen LogP contribution in [0.3, 0.4) is 0 Å². The van der Waals surface area contributed by atoms with Gasteiger partial charge in [0.15, 0.2) is 0 Å². The highest BCUT2D eigenvalue weighted by Gasteiger charge is 2.27. The Kier molecular flexibility index (Phi) is 5.62. The van der Waals surface area contributed by atoms with E-state index in [9.17, 15) is 4.79 Å². The Balaban J connectivity index is 1.74. The number of amides is 1. The summed E-state index contributed by atoms with van der Waals surface area (Å²) in [6.07, 6.45) is 6.30. The maximum absolute atomic E-state index is 12.1. The summed E-state index contributed by atoms with van der Waals surface area (Å²) >= 11 is 0. The second-order valence-electron chi connectivity index (χ2n) is 7.96. The number of nitrogens with zero attached hydrogens (tertiary/aromatic N) is 2. The first kappa shape index (κ1) is 19.6. The Morgan fingerprint density at radius 3 is 2.86 bits per heavy atom. The third-order valence-corrected chi connectivity index (χ3v) is 5.86. The van der Waals surface area contributed by atoms with Crippen molar-refractivity contribution in [3.8, 4) is 0 Å². The summed E-state index contributed by atoms with van der Waals surface area (Å²) in [7, 11) is 0. The molecule has 2 aliphatic heterocycles. The first-order valence-corrected chi connectivity index (χ1v) is 10.3. The minimum Gasteiger partial charge on any atom is -0.385 e. The number of pyridine rings is 1. The van der Waals surface area contributed by atoms with Crippen LogP contribution in [0.4, 0.5) is 0 Å². The lowest BCUT2D eigenvalue weighted by molar-refractivity contribution is -0.128. The van der Waals surface area contributed by atoms with Crippen molar-refractivity contribution in [2.45, 2.75) is 39.2 Å². The minimum atomic E-state index is 0.0520. The van der Waals surface area contributed by atoms with Crippen LogP contribution in [0.25, 0.3) is 10.8 Å². The molecule has 1 aromatic carbocycles. The number of hydrogen-bond donors (Lipinski definition) is 2. The van der Waals surface area contributed by atoms with E-state index in [1.54, 1.807) is 13.1 Å². The van der Waals surface area contributed by atoms with Gasteiger partial charge in [0, 0.05) is 80.3 Å². The maximum Gasteiger partial charge on any atom is 0.219 e. The molecule has 1 fully saturated rings. The zero-order chi connectivity index (χ0) is 20.4. The van der Waals surface area contributed by atoms with Gasteiger partial charge >= 0.3 is 0 Å². The third kappa shape index (κ3) is 4.17. The molecule has 3 heterocycles. The SMILES string of the molecule is CC(=O)N1CCC(NC2CCOCC2)=C(C(=N)c2cc(C)cc3ccncc23)C1. The predicted octanol–water partition coefficient (Wildman–Crippen LogP) is 3.19. The van der Waals surface area contributed by atoms with Gasteiger partial charge in [-0.15, -0.1) is 0 Å². The van der Waals surface area contributed by atoms with Crippen molar-refractivity contribution in [2.75, 3.05) is 26.3 Å². The normalized spacial score (nSPS) is 18.2. The lowest BCUT2D eigenvalue weighted by Crippen LogP contribution is -2.43. The van der Waals surface area contributed by atoms with Crippen molar-refractivity contribution in [3.05, 3.63) is 53.0 Å². The van der Waals surface area contributed by atoms with Crippen molar-refractivity contribution in [1.29, 1.82) is 5.41 Å². The first-order chi connectivity index (χ1) is 14.0. The van der Waals surface area contributed by atoms with Crippen LogP contribution in [0.15, 0.2) is 41.9 Å². The molecule has 1 amide bonds. The highest BCUT2D eigenvalue weighted by molar-refractivity contribution is 6.18. The average Bonchev–Trinajstić information content (AvgIpc) is 2.73. The topological polar surface area (TPSA) is 78.3 Å². The van der Waals surface area contributed by atoms with Crippen molar-refractivity contribution in [1.82, 2.24) is 15.2 Å². The maximum atomic E-state index is 12.1. The Bertz CT molecular complexity index is 976. The highest BCUT2D eigenvalue weighted by Crippen LogP contribution is 2.27. The molecule has 0 bridgehead atoms. The van der Waals surface area contributed by atoms with E-state index < -0.39 is 0 Å². The molecular formula is C23H28N4O2. The Hall–Kier alpha value is -2.73. The van der Waals surface area contributed by atoms with Gasteiger partial charge in [0.1, 0.15) is 0 Å². The van der Waals surface area contributed by atoms with Crippen LogP contribution >= 0.6 is 0 Å². The number of hydrogen-bond acceptors (Lipinski definition) is 5. The highest BCUT2D eigenvalue weighted by atomic mass is 16.5. The fraction of sp³-hybridized carbons (Fsp3) is 0.435. The van der Waals surface area contributed by atoms with E-state index in [4.69, 9.17) is 10.1 Å². The van der Waals surface area contributed by atoms with E-state index >= 15 is 0 Å². The molecule has 0 atom stereocenters. The van der Waals surface area contributed by atoms with Gasteiger partial charge in [0.05, 0.1) is 5.71 Å². The van der Waals surface area contributed by atoms with Crippen LogP contribution in [-0.4, -0.2) is 53.8 Å². The van der Waals surface area contributed by atoms with Gasteiger partial charge in [-0.25, -0.2) is 0 Å². The predicted molar refractivity (Wildman–Crippen MR) is 114 cm³/mol. The average molecular weight is 393 g/mol. The summed E-state index contributed by atoms with van der Waals surface area (Å²) in [5.41, 5.74) is 4.47. The molecule has 0 saturated carbocycles. The van der Waals surface area contributed by atoms with E-state index in [2.05, 4.69) is 29.4 Å². The van der Waals surface area contributed by atoms with Crippen LogP contribution in [0.2, 0.25) is 0 Å². The number of fused-ring (bicyclic) bond motifs is 1. The molecular weight excluding hydrogens is 364 g/mol. The molecule has 1 aromatic heterocycles. The van der Waals surface area contributed by atoms with E-state index in [0.717, 1.165) is 65.6 Å². The molecule has 1 saturated heterocycles. The quantitative estimate of drug-likeness (QED) is 0.784. The number of aryl methyl sites for hydroxylation is 1. The molecule has 4 rings (SSSR count). The number of rotatable bonds is 4. The number of ether oxygens (including phenoxy) is 1. The molecule has 0 spiro atoms. The number of benzene rings is 1. The van der Waals surface area contributed by atoms with E-state index in [-0.39, 0.29) is 5.91 Å². The van der Waals surface area contributed by atoms with Gasteiger partial charge in [-0.05, 0) is 42.8 Å².